The Hall–Kier alpha value is -1.21. The summed E-state index contributed by atoms with van der Waals surface area (Å²) >= 11 is 4.44. The minimum absolute atomic E-state index is 0.100. The summed E-state index contributed by atoms with van der Waals surface area (Å²) in [6.07, 6.45) is 3.10. The van der Waals surface area contributed by atoms with E-state index in [1.54, 1.807) is 11.6 Å². The predicted octanol–water partition coefficient (Wildman–Crippen LogP) is 1.52. The molecule has 0 unspecified atom stereocenters. The Morgan fingerprint density at radius 2 is 2.40 bits per heavy atom. The van der Waals surface area contributed by atoms with Crippen molar-refractivity contribution in [3.63, 3.8) is 0 Å². The fraction of sp³-hybridized carbons (Fsp3) is 0.125. The summed E-state index contributed by atoms with van der Waals surface area (Å²) in [5.74, 6) is -0.100. The topological polar surface area (TPSA) is 68.6 Å². The van der Waals surface area contributed by atoms with Gasteiger partial charge in [0.15, 0.2) is 5.78 Å². The summed E-state index contributed by atoms with van der Waals surface area (Å²) in [5.41, 5.74) is 1.04. The van der Waals surface area contributed by atoms with Gasteiger partial charge in [0.2, 0.25) is 0 Å². The number of hydrogen-bond acceptors (Lipinski definition) is 6. The average molecular weight is 285 g/mol. The van der Waals surface area contributed by atoms with Crippen molar-refractivity contribution in [2.24, 2.45) is 0 Å². The van der Waals surface area contributed by atoms with Crippen LogP contribution in [0, 0.1) is 0 Å². The average Bonchev–Trinajstić information content (AvgIpc) is 2.71. The monoisotopic (exact) mass is 284 g/mol. The van der Waals surface area contributed by atoms with Crippen LogP contribution in [0.4, 0.5) is 0 Å². The van der Waals surface area contributed by atoms with Gasteiger partial charge in [-0.25, -0.2) is 9.97 Å². The van der Waals surface area contributed by atoms with Crippen LogP contribution in [0.5, 0.6) is 0 Å². The highest BCUT2D eigenvalue weighted by molar-refractivity contribution is 9.10. The SMILES string of the molecule is O=C(Cc1csnn1)c1ncncc1Br. The largest absolute Gasteiger partial charge is 0.292 e. The van der Waals surface area contributed by atoms with Gasteiger partial charge < -0.3 is 0 Å². The molecule has 0 radical (unpaired) electrons. The first-order valence-corrected chi connectivity index (χ1v) is 5.65. The quantitative estimate of drug-likeness (QED) is 0.800. The summed E-state index contributed by atoms with van der Waals surface area (Å²) in [7, 11) is 0. The third kappa shape index (κ3) is 2.42. The van der Waals surface area contributed by atoms with E-state index < -0.39 is 0 Å². The molecule has 0 saturated carbocycles. The van der Waals surface area contributed by atoms with Crippen LogP contribution in [-0.4, -0.2) is 25.3 Å². The van der Waals surface area contributed by atoms with Gasteiger partial charge in [0.05, 0.1) is 16.6 Å². The standard InChI is InChI=1S/C8H5BrN4OS/c9-6-2-10-4-11-8(6)7(14)1-5-3-15-13-12-5/h2-4H,1H2. The molecule has 0 aliphatic rings. The van der Waals surface area contributed by atoms with E-state index in [2.05, 4.69) is 35.5 Å². The van der Waals surface area contributed by atoms with Gasteiger partial charge in [-0.3, -0.25) is 4.79 Å². The van der Waals surface area contributed by atoms with Crippen molar-refractivity contribution in [1.29, 1.82) is 0 Å². The first-order valence-electron chi connectivity index (χ1n) is 4.02. The van der Waals surface area contributed by atoms with Crippen molar-refractivity contribution >= 4 is 33.2 Å². The number of halogens is 1. The summed E-state index contributed by atoms with van der Waals surface area (Å²) < 4.78 is 4.28. The number of aromatic nitrogens is 4. The summed E-state index contributed by atoms with van der Waals surface area (Å²) in [6.45, 7) is 0. The zero-order chi connectivity index (χ0) is 10.7. The molecule has 0 aliphatic heterocycles. The number of Topliss-reactive ketones (excluding diaryl/α,β-unsaturated/α-hetero) is 1. The molecule has 7 heteroatoms. The van der Waals surface area contributed by atoms with Gasteiger partial charge in [-0.15, -0.1) is 5.10 Å². The van der Waals surface area contributed by atoms with Crippen LogP contribution in [0.3, 0.4) is 0 Å². The van der Waals surface area contributed by atoms with Gasteiger partial charge in [0.1, 0.15) is 12.0 Å². The highest BCUT2D eigenvalue weighted by atomic mass is 79.9. The lowest BCUT2D eigenvalue weighted by atomic mass is 10.2. The molecule has 0 spiro atoms. The second kappa shape index (κ2) is 4.54. The van der Waals surface area contributed by atoms with Crippen molar-refractivity contribution in [1.82, 2.24) is 19.6 Å². The fourth-order valence-electron chi connectivity index (χ4n) is 1.03. The summed E-state index contributed by atoms with van der Waals surface area (Å²) in [4.78, 5) is 19.4. The number of rotatable bonds is 3. The zero-order valence-electron chi connectivity index (χ0n) is 7.42. The number of carbonyl (C=O) groups excluding carboxylic acids is 1. The maximum Gasteiger partial charge on any atom is 0.188 e. The van der Waals surface area contributed by atoms with E-state index in [0.29, 0.717) is 15.9 Å². The van der Waals surface area contributed by atoms with Crippen LogP contribution in [-0.2, 0) is 6.42 Å². The van der Waals surface area contributed by atoms with Crippen LogP contribution in [0.25, 0.3) is 0 Å². The summed E-state index contributed by atoms with van der Waals surface area (Å²) in [5, 5.41) is 5.54. The van der Waals surface area contributed by atoms with Crippen molar-refractivity contribution in [3.05, 3.63) is 33.8 Å². The maximum absolute atomic E-state index is 11.7. The third-order valence-corrected chi connectivity index (χ3v) is 2.81. The smallest absolute Gasteiger partial charge is 0.188 e. The molecule has 0 fully saturated rings. The molecular weight excluding hydrogens is 280 g/mol. The molecule has 0 N–H and O–H groups in total. The number of hydrogen-bond donors (Lipinski definition) is 0. The first-order chi connectivity index (χ1) is 7.27. The van der Waals surface area contributed by atoms with E-state index in [1.807, 2.05) is 0 Å². The van der Waals surface area contributed by atoms with Crippen LogP contribution in [0.15, 0.2) is 22.4 Å². The highest BCUT2D eigenvalue weighted by Crippen LogP contribution is 2.14. The van der Waals surface area contributed by atoms with Gasteiger partial charge in [-0.05, 0) is 27.5 Å². The minimum atomic E-state index is -0.100. The number of ketones is 1. The van der Waals surface area contributed by atoms with Crippen LogP contribution >= 0.6 is 27.5 Å². The minimum Gasteiger partial charge on any atom is -0.292 e. The molecule has 2 heterocycles. The van der Waals surface area contributed by atoms with Crippen molar-refractivity contribution in [3.8, 4) is 0 Å². The molecule has 0 saturated heterocycles. The Morgan fingerprint density at radius 3 is 3.07 bits per heavy atom. The predicted molar refractivity (Wildman–Crippen MR) is 57.7 cm³/mol. The van der Waals surface area contributed by atoms with Gasteiger partial charge in [-0.2, -0.15) is 0 Å². The molecule has 0 bridgehead atoms. The Labute approximate surface area is 97.9 Å². The molecule has 5 nitrogen and oxygen atoms in total. The fourth-order valence-corrected chi connectivity index (χ4v) is 1.92. The molecule has 0 aromatic carbocycles. The van der Waals surface area contributed by atoms with Crippen molar-refractivity contribution in [2.75, 3.05) is 0 Å². The molecular formula is C8H5BrN4OS. The number of carbonyl (C=O) groups is 1. The number of nitrogens with zero attached hydrogens (tertiary/aromatic N) is 4. The lowest BCUT2D eigenvalue weighted by molar-refractivity contribution is 0.0986. The van der Waals surface area contributed by atoms with Crippen molar-refractivity contribution < 1.29 is 4.79 Å². The molecule has 76 valence electrons. The second-order valence-electron chi connectivity index (χ2n) is 2.72. The summed E-state index contributed by atoms with van der Waals surface area (Å²) in [6, 6.07) is 0. The van der Waals surface area contributed by atoms with E-state index in [-0.39, 0.29) is 12.2 Å². The Bertz CT molecular complexity index is 473. The van der Waals surface area contributed by atoms with Crippen molar-refractivity contribution in [2.45, 2.75) is 6.42 Å². The highest BCUT2D eigenvalue weighted by Gasteiger charge is 2.13. The van der Waals surface area contributed by atoms with E-state index in [9.17, 15) is 4.79 Å². The zero-order valence-corrected chi connectivity index (χ0v) is 9.82. The van der Waals surface area contributed by atoms with Crippen LogP contribution in [0.1, 0.15) is 16.2 Å². The van der Waals surface area contributed by atoms with Gasteiger partial charge in [-0.1, -0.05) is 4.49 Å². The molecule has 15 heavy (non-hydrogen) atoms. The maximum atomic E-state index is 11.7. The van der Waals surface area contributed by atoms with Gasteiger partial charge in [0, 0.05) is 11.6 Å². The van der Waals surface area contributed by atoms with Gasteiger partial charge in [0.25, 0.3) is 0 Å². The molecule has 0 amide bonds. The Kier molecular flexibility index (Phi) is 3.12. The molecule has 2 aromatic rings. The lowest BCUT2D eigenvalue weighted by Gasteiger charge is -1.98. The van der Waals surface area contributed by atoms with E-state index in [0.717, 1.165) is 0 Å². The molecule has 2 rings (SSSR count). The van der Waals surface area contributed by atoms with E-state index in [4.69, 9.17) is 0 Å². The van der Waals surface area contributed by atoms with Crippen LogP contribution < -0.4 is 0 Å². The molecule has 2 aromatic heterocycles. The molecule has 0 atom stereocenters. The first kappa shape index (κ1) is 10.3. The van der Waals surface area contributed by atoms with E-state index in [1.165, 1.54) is 17.9 Å². The second-order valence-corrected chi connectivity index (χ2v) is 4.18. The molecule has 0 aliphatic carbocycles. The van der Waals surface area contributed by atoms with Gasteiger partial charge >= 0.3 is 0 Å². The van der Waals surface area contributed by atoms with E-state index >= 15 is 0 Å². The lowest BCUT2D eigenvalue weighted by Crippen LogP contribution is -2.07. The Morgan fingerprint density at radius 1 is 1.53 bits per heavy atom. The van der Waals surface area contributed by atoms with Crippen LogP contribution in [0.2, 0.25) is 0 Å². The normalized spacial score (nSPS) is 10.2. The third-order valence-electron chi connectivity index (χ3n) is 1.68. The Balaban J connectivity index is 2.19.